The maximum Gasteiger partial charge on any atom is 0.240 e. The fourth-order valence-electron chi connectivity index (χ4n) is 1.38. The zero-order chi connectivity index (χ0) is 10.7. The van der Waals surface area contributed by atoms with Gasteiger partial charge < -0.3 is 10.5 Å². The Balaban J connectivity index is 2.25. The molecular weight excluding hydrogens is 192 g/mol. The second-order valence-electron chi connectivity index (χ2n) is 3.34. The van der Waals surface area contributed by atoms with E-state index in [4.69, 9.17) is 10.5 Å². The van der Waals surface area contributed by atoms with Crippen molar-refractivity contribution in [2.75, 3.05) is 13.2 Å². The van der Waals surface area contributed by atoms with Gasteiger partial charge in [0, 0.05) is 12.4 Å². The molecule has 0 saturated heterocycles. The summed E-state index contributed by atoms with van der Waals surface area (Å²) in [7, 11) is 0. The fraction of sp³-hybridized carbons (Fsp3) is 0.400. The van der Waals surface area contributed by atoms with Crippen LogP contribution < -0.4 is 10.5 Å². The molecule has 0 radical (unpaired) electrons. The quantitative estimate of drug-likeness (QED) is 0.750. The maximum atomic E-state index is 5.52. The van der Waals surface area contributed by atoms with Gasteiger partial charge in [0.25, 0.3) is 0 Å². The number of nitrogens with zero attached hydrogens (tertiary/aromatic N) is 3. The summed E-state index contributed by atoms with van der Waals surface area (Å²) in [6, 6.07) is 1.95. The third kappa shape index (κ3) is 2.07. The van der Waals surface area contributed by atoms with Crippen LogP contribution >= 0.6 is 0 Å². The molecule has 80 valence electrons. The predicted molar refractivity (Wildman–Crippen MR) is 56.9 cm³/mol. The summed E-state index contributed by atoms with van der Waals surface area (Å²) in [5, 5.41) is 4.27. The van der Waals surface area contributed by atoms with Gasteiger partial charge in [-0.15, -0.1) is 0 Å². The largest absolute Gasteiger partial charge is 0.476 e. The number of fused-ring (bicyclic) bond motifs is 1. The van der Waals surface area contributed by atoms with Crippen molar-refractivity contribution in [2.45, 2.75) is 13.3 Å². The van der Waals surface area contributed by atoms with Crippen LogP contribution in [0.3, 0.4) is 0 Å². The number of ether oxygens (including phenoxy) is 1. The average molecular weight is 206 g/mol. The molecule has 0 aliphatic heterocycles. The van der Waals surface area contributed by atoms with Crippen molar-refractivity contribution < 1.29 is 4.74 Å². The summed E-state index contributed by atoms with van der Waals surface area (Å²) < 4.78 is 7.29. The van der Waals surface area contributed by atoms with E-state index < -0.39 is 0 Å². The van der Waals surface area contributed by atoms with Crippen LogP contribution in [0.25, 0.3) is 5.52 Å². The molecule has 0 bridgehead atoms. The first-order valence-corrected chi connectivity index (χ1v) is 4.95. The predicted octanol–water partition coefficient (Wildman–Crippen LogP) is 0.765. The smallest absolute Gasteiger partial charge is 0.240 e. The summed E-state index contributed by atoms with van der Waals surface area (Å²) in [4.78, 5) is 4.17. The second-order valence-corrected chi connectivity index (χ2v) is 3.34. The van der Waals surface area contributed by atoms with Gasteiger partial charge in [-0.3, -0.25) is 0 Å². The molecule has 0 aliphatic carbocycles. The first kappa shape index (κ1) is 9.92. The monoisotopic (exact) mass is 206 g/mol. The molecule has 0 spiro atoms. The molecule has 0 atom stereocenters. The van der Waals surface area contributed by atoms with E-state index in [-0.39, 0.29) is 0 Å². The third-order valence-corrected chi connectivity index (χ3v) is 2.06. The highest BCUT2D eigenvalue weighted by atomic mass is 16.5. The minimum absolute atomic E-state index is 0.591. The van der Waals surface area contributed by atoms with E-state index >= 15 is 0 Å². The van der Waals surface area contributed by atoms with Crippen molar-refractivity contribution >= 4 is 5.52 Å². The van der Waals surface area contributed by atoms with Crippen molar-refractivity contribution in [1.29, 1.82) is 0 Å². The van der Waals surface area contributed by atoms with Crippen molar-refractivity contribution in [3.63, 3.8) is 0 Å². The first-order chi connectivity index (χ1) is 7.31. The van der Waals surface area contributed by atoms with E-state index in [1.54, 1.807) is 16.9 Å². The molecule has 2 heterocycles. The van der Waals surface area contributed by atoms with Crippen molar-refractivity contribution in [3.05, 3.63) is 24.2 Å². The highest BCUT2D eigenvalue weighted by Gasteiger charge is 2.05. The van der Waals surface area contributed by atoms with Gasteiger partial charge in [-0.25, -0.2) is 9.50 Å². The van der Waals surface area contributed by atoms with Gasteiger partial charge in [-0.05, 0) is 26.0 Å². The summed E-state index contributed by atoms with van der Waals surface area (Å²) in [5.41, 5.74) is 7.24. The van der Waals surface area contributed by atoms with E-state index in [0.29, 0.717) is 19.0 Å². The minimum Gasteiger partial charge on any atom is -0.476 e. The Bertz CT molecular complexity index is 452. The van der Waals surface area contributed by atoms with Gasteiger partial charge in [0.1, 0.15) is 5.52 Å². The van der Waals surface area contributed by atoms with Crippen LogP contribution in [-0.4, -0.2) is 27.7 Å². The van der Waals surface area contributed by atoms with Gasteiger partial charge in [-0.1, -0.05) is 0 Å². The Morgan fingerprint density at radius 2 is 2.40 bits per heavy atom. The van der Waals surface area contributed by atoms with Crippen LogP contribution in [0.2, 0.25) is 0 Å². The van der Waals surface area contributed by atoms with Crippen LogP contribution in [0.4, 0.5) is 0 Å². The van der Waals surface area contributed by atoms with Gasteiger partial charge in [0.2, 0.25) is 5.88 Å². The highest BCUT2D eigenvalue weighted by Crippen LogP contribution is 2.16. The van der Waals surface area contributed by atoms with Gasteiger partial charge >= 0.3 is 0 Å². The van der Waals surface area contributed by atoms with Crippen LogP contribution in [0.5, 0.6) is 5.88 Å². The van der Waals surface area contributed by atoms with Gasteiger partial charge in [0.05, 0.1) is 12.3 Å². The molecule has 5 nitrogen and oxygen atoms in total. The number of aromatic nitrogens is 3. The van der Waals surface area contributed by atoms with Crippen LogP contribution in [-0.2, 0) is 0 Å². The molecule has 2 aromatic heterocycles. The van der Waals surface area contributed by atoms with E-state index in [1.807, 2.05) is 13.0 Å². The number of rotatable bonds is 4. The molecule has 0 aromatic carbocycles. The highest BCUT2D eigenvalue weighted by molar-refractivity contribution is 5.56. The lowest BCUT2D eigenvalue weighted by molar-refractivity contribution is 0.304. The van der Waals surface area contributed by atoms with Gasteiger partial charge in [-0.2, -0.15) is 5.10 Å². The summed E-state index contributed by atoms with van der Waals surface area (Å²) >= 11 is 0. The Morgan fingerprint density at radius 3 is 3.20 bits per heavy atom. The number of nitrogens with two attached hydrogens (primary N) is 1. The number of hydrogen-bond acceptors (Lipinski definition) is 4. The lowest BCUT2D eigenvalue weighted by atomic mass is 10.4. The van der Waals surface area contributed by atoms with Crippen LogP contribution in [0.15, 0.2) is 18.5 Å². The van der Waals surface area contributed by atoms with Crippen molar-refractivity contribution in [3.8, 4) is 5.88 Å². The topological polar surface area (TPSA) is 65.4 Å². The Morgan fingerprint density at radius 1 is 1.53 bits per heavy atom. The molecule has 2 aromatic rings. The van der Waals surface area contributed by atoms with Crippen LogP contribution in [0.1, 0.15) is 12.1 Å². The summed E-state index contributed by atoms with van der Waals surface area (Å²) in [6.07, 6.45) is 4.31. The minimum atomic E-state index is 0.591. The average Bonchev–Trinajstić information content (AvgIpc) is 2.59. The molecule has 0 unspecified atom stereocenters. The zero-order valence-electron chi connectivity index (χ0n) is 8.68. The summed E-state index contributed by atoms with van der Waals surface area (Å²) in [6.45, 7) is 3.16. The maximum absolute atomic E-state index is 5.52. The van der Waals surface area contributed by atoms with E-state index in [0.717, 1.165) is 17.6 Å². The standard InChI is InChI=1S/C10H14N4O/c1-8-7-9-10(15-6-2-3-11)12-4-5-14(9)13-8/h4-5,7H,2-3,6,11H2,1H3. The molecule has 0 fully saturated rings. The normalized spacial score (nSPS) is 10.8. The van der Waals surface area contributed by atoms with Crippen molar-refractivity contribution in [2.24, 2.45) is 5.73 Å². The Labute approximate surface area is 87.9 Å². The molecular formula is C10H14N4O. The zero-order valence-corrected chi connectivity index (χ0v) is 8.68. The Kier molecular flexibility index (Phi) is 2.82. The van der Waals surface area contributed by atoms with E-state index in [9.17, 15) is 0 Å². The number of hydrogen-bond donors (Lipinski definition) is 1. The molecule has 5 heteroatoms. The lowest BCUT2D eigenvalue weighted by Crippen LogP contribution is -2.07. The van der Waals surface area contributed by atoms with Crippen molar-refractivity contribution in [1.82, 2.24) is 14.6 Å². The second kappa shape index (κ2) is 4.27. The third-order valence-electron chi connectivity index (χ3n) is 2.06. The van der Waals surface area contributed by atoms with E-state index in [1.165, 1.54) is 0 Å². The molecule has 0 amide bonds. The van der Waals surface area contributed by atoms with E-state index in [2.05, 4.69) is 10.1 Å². The first-order valence-electron chi connectivity index (χ1n) is 4.95. The lowest BCUT2D eigenvalue weighted by Gasteiger charge is -2.04. The van der Waals surface area contributed by atoms with Crippen LogP contribution in [0, 0.1) is 6.92 Å². The molecule has 0 aliphatic rings. The molecule has 15 heavy (non-hydrogen) atoms. The fourth-order valence-corrected chi connectivity index (χ4v) is 1.38. The molecule has 2 rings (SSSR count). The summed E-state index contributed by atoms with van der Waals surface area (Å²) in [5.74, 6) is 0.617. The molecule has 2 N–H and O–H groups in total. The SMILES string of the molecule is Cc1cc2c(OCCCN)nccn2n1. The molecule has 0 saturated carbocycles. The Hall–Kier alpha value is -1.62. The number of aryl methyl sites for hydroxylation is 1. The van der Waals surface area contributed by atoms with Gasteiger partial charge in [0.15, 0.2) is 0 Å².